The third kappa shape index (κ3) is 4.65. The summed E-state index contributed by atoms with van der Waals surface area (Å²) >= 11 is 6.06. The fourth-order valence-electron chi connectivity index (χ4n) is 2.15. The van der Waals surface area contributed by atoms with Crippen molar-refractivity contribution in [1.82, 2.24) is 9.97 Å². The van der Waals surface area contributed by atoms with E-state index in [9.17, 15) is 9.50 Å². The molecule has 0 saturated carbocycles. The van der Waals surface area contributed by atoms with Gasteiger partial charge in [-0.15, -0.1) is 0 Å². The van der Waals surface area contributed by atoms with Crippen molar-refractivity contribution >= 4 is 17.5 Å². The van der Waals surface area contributed by atoms with Crippen molar-refractivity contribution in [3.05, 3.63) is 77.2 Å². The number of nitrogens with zero attached hydrogens (tertiary/aromatic N) is 2. The van der Waals surface area contributed by atoms with Crippen LogP contribution in [0.25, 0.3) is 0 Å². The van der Waals surface area contributed by atoms with Gasteiger partial charge in [-0.25, -0.2) is 9.37 Å². The van der Waals surface area contributed by atoms with Crippen LogP contribution in [0.3, 0.4) is 0 Å². The van der Waals surface area contributed by atoms with Crippen molar-refractivity contribution in [1.29, 1.82) is 0 Å². The summed E-state index contributed by atoms with van der Waals surface area (Å²) in [5, 5.41) is 13.7. The van der Waals surface area contributed by atoms with Gasteiger partial charge in [-0.1, -0.05) is 29.8 Å². The Morgan fingerprint density at radius 2 is 1.88 bits per heavy atom. The summed E-state index contributed by atoms with van der Waals surface area (Å²) in [7, 11) is 0. The number of aliphatic hydroxyl groups is 1. The topological polar surface area (TPSA) is 67.3 Å². The molecular weight excluding hydrogens is 345 g/mol. The van der Waals surface area contributed by atoms with E-state index in [0.29, 0.717) is 28.2 Å². The van der Waals surface area contributed by atoms with Gasteiger partial charge in [-0.2, -0.15) is 4.98 Å². The Kier molecular flexibility index (Phi) is 5.42. The molecule has 1 unspecified atom stereocenters. The average Bonchev–Trinajstić information content (AvgIpc) is 2.62. The van der Waals surface area contributed by atoms with Gasteiger partial charge in [0.05, 0.1) is 6.10 Å². The molecule has 0 aliphatic rings. The second-order valence-corrected chi connectivity index (χ2v) is 5.60. The molecule has 0 saturated heterocycles. The number of hydrogen-bond acceptors (Lipinski definition) is 5. The Morgan fingerprint density at radius 1 is 1.12 bits per heavy atom. The largest absolute Gasteiger partial charge is 0.439 e. The Morgan fingerprint density at radius 3 is 2.64 bits per heavy atom. The van der Waals surface area contributed by atoms with E-state index in [1.807, 2.05) is 0 Å². The van der Waals surface area contributed by atoms with E-state index in [2.05, 4.69) is 15.3 Å². The highest BCUT2D eigenvalue weighted by molar-refractivity contribution is 6.31. The monoisotopic (exact) mass is 359 g/mol. The van der Waals surface area contributed by atoms with Gasteiger partial charge in [0.25, 0.3) is 0 Å². The first-order chi connectivity index (χ1) is 12.1. The summed E-state index contributed by atoms with van der Waals surface area (Å²) in [6.07, 6.45) is 0.717. The van der Waals surface area contributed by atoms with Gasteiger partial charge in [-0.3, -0.25) is 0 Å². The number of nitrogens with one attached hydrogen (secondary N) is 1. The van der Waals surface area contributed by atoms with Gasteiger partial charge in [-0.05, 0) is 30.3 Å². The molecule has 7 heteroatoms. The van der Waals surface area contributed by atoms with Crippen LogP contribution in [0.2, 0.25) is 5.02 Å². The third-order valence-corrected chi connectivity index (χ3v) is 3.73. The van der Waals surface area contributed by atoms with E-state index >= 15 is 0 Å². The SMILES string of the molecule is OC(CNc1nccc(Oc2ccc(F)cc2)n1)c1ccccc1Cl. The molecule has 0 fully saturated rings. The van der Waals surface area contributed by atoms with E-state index in [4.69, 9.17) is 16.3 Å². The molecule has 5 nitrogen and oxygen atoms in total. The first-order valence-electron chi connectivity index (χ1n) is 7.54. The van der Waals surface area contributed by atoms with Crippen LogP contribution in [0.5, 0.6) is 11.6 Å². The molecule has 0 spiro atoms. The number of benzene rings is 2. The zero-order chi connectivity index (χ0) is 17.6. The number of aliphatic hydroxyl groups excluding tert-OH is 1. The Balaban J connectivity index is 1.63. The number of rotatable bonds is 6. The van der Waals surface area contributed by atoms with Crippen molar-refractivity contribution in [3.63, 3.8) is 0 Å². The molecule has 3 aromatic rings. The van der Waals surface area contributed by atoms with Crippen LogP contribution in [0, 0.1) is 5.82 Å². The maximum Gasteiger partial charge on any atom is 0.226 e. The predicted molar refractivity (Wildman–Crippen MR) is 93.4 cm³/mol. The van der Waals surface area contributed by atoms with Crippen molar-refractivity contribution in [3.8, 4) is 11.6 Å². The number of hydrogen-bond donors (Lipinski definition) is 2. The Labute approximate surface area is 149 Å². The highest BCUT2D eigenvalue weighted by Gasteiger charge is 2.11. The molecule has 0 aliphatic carbocycles. The van der Waals surface area contributed by atoms with Crippen LogP contribution >= 0.6 is 11.6 Å². The first-order valence-corrected chi connectivity index (χ1v) is 7.92. The van der Waals surface area contributed by atoms with Crippen LogP contribution in [0.4, 0.5) is 10.3 Å². The van der Waals surface area contributed by atoms with Gasteiger partial charge in [0.2, 0.25) is 11.8 Å². The summed E-state index contributed by atoms with van der Waals surface area (Å²) in [6.45, 7) is 0.184. The maximum atomic E-state index is 12.9. The molecule has 3 rings (SSSR count). The molecule has 0 radical (unpaired) electrons. The van der Waals surface area contributed by atoms with E-state index in [-0.39, 0.29) is 12.4 Å². The highest BCUT2D eigenvalue weighted by atomic mass is 35.5. The van der Waals surface area contributed by atoms with Crippen LogP contribution in [-0.4, -0.2) is 21.6 Å². The summed E-state index contributed by atoms with van der Waals surface area (Å²) in [4.78, 5) is 8.27. The normalized spacial score (nSPS) is 11.8. The lowest BCUT2D eigenvalue weighted by atomic mass is 10.1. The molecule has 128 valence electrons. The van der Waals surface area contributed by atoms with Gasteiger partial charge in [0, 0.05) is 29.4 Å². The first kappa shape index (κ1) is 17.1. The molecule has 25 heavy (non-hydrogen) atoms. The lowest BCUT2D eigenvalue weighted by Crippen LogP contribution is -2.14. The average molecular weight is 360 g/mol. The fraction of sp³-hybridized carbons (Fsp3) is 0.111. The van der Waals surface area contributed by atoms with Gasteiger partial charge >= 0.3 is 0 Å². The quantitative estimate of drug-likeness (QED) is 0.690. The summed E-state index contributed by atoms with van der Waals surface area (Å²) in [5.41, 5.74) is 0.621. The molecule has 0 amide bonds. The minimum Gasteiger partial charge on any atom is -0.439 e. The molecule has 1 atom stereocenters. The zero-order valence-corrected chi connectivity index (χ0v) is 13.8. The number of ether oxygens (including phenoxy) is 1. The van der Waals surface area contributed by atoms with Gasteiger partial charge in [0.1, 0.15) is 11.6 Å². The summed E-state index contributed by atoms with van der Waals surface area (Å²) in [6, 6.07) is 14.3. The molecule has 1 heterocycles. The number of aromatic nitrogens is 2. The highest BCUT2D eigenvalue weighted by Crippen LogP contribution is 2.23. The predicted octanol–water partition coefficient (Wildman–Crippen LogP) is 4.21. The van der Waals surface area contributed by atoms with Gasteiger partial charge in [0.15, 0.2) is 0 Å². The molecule has 0 bridgehead atoms. The maximum absolute atomic E-state index is 12.9. The lowest BCUT2D eigenvalue weighted by molar-refractivity contribution is 0.191. The van der Waals surface area contributed by atoms with E-state index in [1.54, 1.807) is 30.3 Å². The molecule has 0 aliphatic heterocycles. The Hall–Kier alpha value is -2.70. The minimum atomic E-state index is -0.807. The lowest BCUT2D eigenvalue weighted by Gasteiger charge is -2.14. The fourth-order valence-corrected chi connectivity index (χ4v) is 2.41. The van der Waals surface area contributed by atoms with Crippen LogP contribution in [0.15, 0.2) is 60.8 Å². The standard InChI is InChI=1S/C18H15ClFN3O2/c19-15-4-2-1-3-14(15)16(24)11-22-18-21-10-9-17(23-18)25-13-7-5-12(20)6-8-13/h1-10,16,24H,11H2,(H,21,22,23). The number of anilines is 1. The van der Waals surface area contributed by atoms with Crippen LogP contribution in [0.1, 0.15) is 11.7 Å². The summed E-state index contributed by atoms with van der Waals surface area (Å²) in [5.74, 6) is 0.718. The molecular formula is C18H15ClFN3O2. The van der Waals surface area contributed by atoms with Crippen LogP contribution < -0.4 is 10.1 Å². The van der Waals surface area contributed by atoms with Crippen molar-refractivity contribution in [2.75, 3.05) is 11.9 Å². The third-order valence-electron chi connectivity index (χ3n) is 3.38. The van der Waals surface area contributed by atoms with Crippen LogP contribution in [-0.2, 0) is 0 Å². The molecule has 2 aromatic carbocycles. The smallest absolute Gasteiger partial charge is 0.226 e. The second kappa shape index (κ2) is 7.92. The van der Waals surface area contributed by atoms with Crippen molar-refractivity contribution in [2.45, 2.75) is 6.10 Å². The van der Waals surface area contributed by atoms with E-state index < -0.39 is 6.10 Å². The minimum absolute atomic E-state index is 0.184. The number of halogens is 2. The molecule has 2 N–H and O–H groups in total. The Bertz CT molecular complexity index is 846. The summed E-state index contributed by atoms with van der Waals surface area (Å²) < 4.78 is 18.5. The van der Waals surface area contributed by atoms with Crippen molar-refractivity contribution in [2.24, 2.45) is 0 Å². The van der Waals surface area contributed by atoms with Gasteiger partial charge < -0.3 is 15.2 Å². The zero-order valence-electron chi connectivity index (χ0n) is 13.1. The molecule has 1 aromatic heterocycles. The van der Waals surface area contributed by atoms with E-state index in [0.717, 1.165) is 0 Å². The van der Waals surface area contributed by atoms with E-state index in [1.165, 1.54) is 30.5 Å². The van der Waals surface area contributed by atoms with Crippen molar-refractivity contribution < 1.29 is 14.2 Å². The second-order valence-electron chi connectivity index (χ2n) is 5.19.